The number of nitrogens with one attached hydrogen (secondary N) is 1. The SMILES string of the molecule is CCNC(=O)c1ccc(N)cc1N(C)C(CC)CC. The molecule has 4 heteroatoms. The Kier molecular flexibility index (Phi) is 5.67. The van der Waals surface area contributed by atoms with E-state index in [-0.39, 0.29) is 5.91 Å². The van der Waals surface area contributed by atoms with Gasteiger partial charge in [0.15, 0.2) is 0 Å². The minimum absolute atomic E-state index is 0.0460. The Hall–Kier alpha value is -1.71. The summed E-state index contributed by atoms with van der Waals surface area (Å²) < 4.78 is 0. The van der Waals surface area contributed by atoms with Crippen LogP contribution in [0.5, 0.6) is 0 Å². The van der Waals surface area contributed by atoms with Gasteiger partial charge in [-0.2, -0.15) is 0 Å². The molecular formula is C15H25N3O. The highest BCUT2D eigenvalue weighted by atomic mass is 16.1. The number of hydrogen-bond acceptors (Lipinski definition) is 3. The van der Waals surface area contributed by atoms with Gasteiger partial charge in [0.1, 0.15) is 0 Å². The van der Waals surface area contributed by atoms with Crippen LogP contribution in [0.3, 0.4) is 0 Å². The number of nitrogen functional groups attached to an aromatic ring is 1. The highest BCUT2D eigenvalue weighted by Crippen LogP contribution is 2.26. The van der Waals surface area contributed by atoms with E-state index in [0.717, 1.165) is 18.5 Å². The van der Waals surface area contributed by atoms with Gasteiger partial charge in [-0.05, 0) is 38.0 Å². The van der Waals surface area contributed by atoms with E-state index in [1.54, 1.807) is 12.1 Å². The van der Waals surface area contributed by atoms with Crippen LogP contribution < -0.4 is 16.0 Å². The number of carbonyl (C=O) groups excluding carboxylic acids is 1. The van der Waals surface area contributed by atoms with Crippen molar-refractivity contribution in [3.63, 3.8) is 0 Å². The molecule has 106 valence electrons. The lowest BCUT2D eigenvalue weighted by Gasteiger charge is -2.30. The first kappa shape index (κ1) is 15.3. The second kappa shape index (κ2) is 7.02. The fourth-order valence-corrected chi connectivity index (χ4v) is 2.32. The molecule has 1 amide bonds. The summed E-state index contributed by atoms with van der Waals surface area (Å²) >= 11 is 0. The first-order valence-corrected chi connectivity index (χ1v) is 6.95. The second-order valence-electron chi connectivity index (χ2n) is 4.72. The first-order valence-electron chi connectivity index (χ1n) is 6.95. The molecule has 0 saturated heterocycles. The number of nitrogens with two attached hydrogens (primary N) is 1. The van der Waals surface area contributed by atoms with Crippen LogP contribution in [0.1, 0.15) is 44.0 Å². The summed E-state index contributed by atoms with van der Waals surface area (Å²) in [5.74, 6) is -0.0460. The van der Waals surface area contributed by atoms with Crippen LogP contribution in [-0.4, -0.2) is 25.5 Å². The van der Waals surface area contributed by atoms with Crippen LogP contribution >= 0.6 is 0 Å². The molecule has 1 aromatic rings. The summed E-state index contributed by atoms with van der Waals surface area (Å²) in [7, 11) is 2.02. The van der Waals surface area contributed by atoms with Gasteiger partial charge in [0.25, 0.3) is 5.91 Å². The quantitative estimate of drug-likeness (QED) is 0.776. The topological polar surface area (TPSA) is 58.4 Å². The lowest BCUT2D eigenvalue weighted by Crippen LogP contribution is -2.33. The molecule has 0 spiro atoms. The molecule has 0 bridgehead atoms. The molecule has 3 N–H and O–H groups in total. The number of benzene rings is 1. The molecule has 0 fully saturated rings. The molecule has 0 atom stereocenters. The molecule has 0 aliphatic heterocycles. The molecule has 0 aliphatic carbocycles. The first-order chi connectivity index (χ1) is 9.04. The van der Waals surface area contributed by atoms with Crippen LogP contribution in [0.25, 0.3) is 0 Å². The number of rotatable bonds is 6. The van der Waals surface area contributed by atoms with Gasteiger partial charge in [-0.15, -0.1) is 0 Å². The van der Waals surface area contributed by atoms with Crippen molar-refractivity contribution in [3.8, 4) is 0 Å². The van der Waals surface area contributed by atoms with E-state index in [4.69, 9.17) is 5.73 Å². The maximum atomic E-state index is 12.1. The van der Waals surface area contributed by atoms with Crippen molar-refractivity contribution in [1.82, 2.24) is 5.32 Å². The number of carbonyl (C=O) groups is 1. The van der Waals surface area contributed by atoms with Crippen molar-refractivity contribution in [1.29, 1.82) is 0 Å². The molecule has 19 heavy (non-hydrogen) atoms. The van der Waals surface area contributed by atoms with Crippen LogP contribution in [0.2, 0.25) is 0 Å². The fraction of sp³-hybridized carbons (Fsp3) is 0.533. The van der Waals surface area contributed by atoms with E-state index in [1.807, 2.05) is 20.0 Å². The molecule has 0 heterocycles. The van der Waals surface area contributed by atoms with E-state index in [2.05, 4.69) is 24.1 Å². The Bertz CT molecular complexity index is 427. The van der Waals surface area contributed by atoms with Gasteiger partial charge in [0, 0.05) is 25.3 Å². The van der Waals surface area contributed by atoms with Gasteiger partial charge in [-0.25, -0.2) is 0 Å². The Morgan fingerprint density at radius 3 is 2.47 bits per heavy atom. The largest absolute Gasteiger partial charge is 0.399 e. The maximum Gasteiger partial charge on any atom is 0.253 e. The standard InChI is InChI=1S/C15H25N3O/c1-5-12(6-2)18(4)14-10-11(16)8-9-13(14)15(19)17-7-3/h8-10,12H,5-7,16H2,1-4H3,(H,17,19). The summed E-state index contributed by atoms with van der Waals surface area (Å²) in [6, 6.07) is 5.86. The molecule has 0 aliphatic rings. The van der Waals surface area contributed by atoms with Crippen molar-refractivity contribution in [2.45, 2.75) is 39.7 Å². The molecule has 1 aromatic carbocycles. The van der Waals surface area contributed by atoms with E-state index in [1.165, 1.54) is 0 Å². The summed E-state index contributed by atoms with van der Waals surface area (Å²) in [4.78, 5) is 14.3. The fourth-order valence-electron chi connectivity index (χ4n) is 2.32. The molecule has 4 nitrogen and oxygen atoms in total. The summed E-state index contributed by atoms with van der Waals surface area (Å²) in [6.07, 6.45) is 2.08. The van der Waals surface area contributed by atoms with Crippen LogP contribution in [-0.2, 0) is 0 Å². The summed E-state index contributed by atoms with van der Waals surface area (Å²) in [5.41, 5.74) is 8.13. The highest BCUT2D eigenvalue weighted by Gasteiger charge is 2.18. The third-order valence-electron chi connectivity index (χ3n) is 3.47. The average molecular weight is 263 g/mol. The van der Waals surface area contributed by atoms with Crippen LogP contribution in [0.4, 0.5) is 11.4 Å². The molecule has 1 rings (SSSR count). The van der Waals surface area contributed by atoms with Gasteiger partial charge >= 0.3 is 0 Å². The predicted octanol–water partition coefficient (Wildman–Crippen LogP) is 2.64. The number of amides is 1. The van der Waals surface area contributed by atoms with E-state index in [0.29, 0.717) is 23.8 Å². The van der Waals surface area contributed by atoms with Gasteiger partial charge < -0.3 is 16.0 Å². The maximum absolute atomic E-state index is 12.1. The van der Waals surface area contributed by atoms with E-state index < -0.39 is 0 Å². The molecule has 0 saturated carbocycles. The molecular weight excluding hydrogens is 238 g/mol. The second-order valence-corrected chi connectivity index (χ2v) is 4.72. The minimum Gasteiger partial charge on any atom is -0.399 e. The van der Waals surface area contributed by atoms with Crippen molar-refractivity contribution < 1.29 is 4.79 Å². The van der Waals surface area contributed by atoms with Crippen molar-refractivity contribution >= 4 is 17.3 Å². The lowest BCUT2D eigenvalue weighted by atomic mass is 10.1. The number of nitrogens with zero attached hydrogens (tertiary/aromatic N) is 1. The third-order valence-corrected chi connectivity index (χ3v) is 3.47. The van der Waals surface area contributed by atoms with Gasteiger partial charge in [0.2, 0.25) is 0 Å². The smallest absolute Gasteiger partial charge is 0.253 e. The van der Waals surface area contributed by atoms with Gasteiger partial charge in [-0.1, -0.05) is 13.8 Å². The molecule has 0 radical (unpaired) electrons. The monoisotopic (exact) mass is 263 g/mol. The third kappa shape index (κ3) is 3.63. The van der Waals surface area contributed by atoms with E-state index >= 15 is 0 Å². The van der Waals surface area contributed by atoms with Crippen LogP contribution in [0, 0.1) is 0 Å². The van der Waals surface area contributed by atoms with Crippen molar-refractivity contribution in [2.24, 2.45) is 0 Å². The Morgan fingerprint density at radius 2 is 1.95 bits per heavy atom. The molecule has 0 unspecified atom stereocenters. The minimum atomic E-state index is -0.0460. The zero-order valence-corrected chi connectivity index (χ0v) is 12.4. The molecule has 0 aromatic heterocycles. The van der Waals surface area contributed by atoms with Crippen molar-refractivity contribution in [2.75, 3.05) is 24.2 Å². The average Bonchev–Trinajstić information content (AvgIpc) is 2.40. The lowest BCUT2D eigenvalue weighted by molar-refractivity contribution is 0.0956. The summed E-state index contributed by atoms with van der Waals surface area (Å²) in [5, 5.41) is 2.85. The van der Waals surface area contributed by atoms with Crippen LogP contribution in [0.15, 0.2) is 18.2 Å². The van der Waals surface area contributed by atoms with Crippen molar-refractivity contribution in [3.05, 3.63) is 23.8 Å². The Labute approximate surface area is 116 Å². The van der Waals surface area contributed by atoms with E-state index in [9.17, 15) is 4.79 Å². The zero-order chi connectivity index (χ0) is 14.4. The Morgan fingerprint density at radius 1 is 1.32 bits per heavy atom. The zero-order valence-electron chi connectivity index (χ0n) is 12.4. The van der Waals surface area contributed by atoms with Gasteiger partial charge in [0.05, 0.1) is 11.3 Å². The number of anilines is 2. The highest BCUT2D eigenvalue weighted by molar-refractivity contribution is 6.00. The predicted molar refractivity (Wildman–Crippen MR) is 81.6 cm³/mol. The summed E-state index contributed by atoms with van der Waals surface area (Å²) in [6.45, 7) is 6.85. The normalized spacial score (nSPS) is 10.6. The Balaban J connectivity index is 3.16. The van der Waals surface area contributed by atoms with Gasteiger partial charge in [-0.3, -0.25) is 4.79 Å². The number of hydrogen-bond donors (Lipinski definition) is 2.